The average molecular weight is 339 g/mol. The Morgan fingerprint density at radius 2 is 2.24 bits per heavy atom. The zero-order valence-electron chi connectivity index (χ0n) is 13.7. The second kappa shape index (κ2) is 6.00. The molecule has 3 aromatic rings. The number of fused-ring (bicyclic) bond motifs is 1. The van der Waals surface area contributed by atoms with Crippen molar-refractivity contribution >= 4 is 11.9 Å². The molecule has 0 amide bonds. The first-order valence-electron chi connectivity index (χ1n) is 8.00. The number of anilines is 1. The number of aromatic nitrogens is 6. The van der Waals surface area contributed by atoms with Crippen LogP contribution in [0.2, 0.25) is 0 Å². The molecule has 0 fully saturated rings. The van der Waals surface area contributed by atoms with Crippen molar-refractivity contribution in [2.24, 2.45) is 7.05 Å². The molecular formula is C16H17N7O2. The van der Waals surface area contributed by atoms with Crippen LogP contribution in [-0.4, -0.2) is 40.6 Å². The van der Waals surface area contributed by atoms with E-state index < -0.39 is 5.97 Å². The van der Waals surface area contributed by atoms with Gasteiger partial charge in [-0.3, -0.25) is 9.36 Å². The van der Waals surface area contributed by atoms with Crippen molar-refractivity contribution in [1.82, 2.24) is 29.5 Å². The number of hydrogen-bond acceptors (Lipinski definition) is 6. The van der Waals surface area contributed by atoms with Crippen LogP contribution in [0.5, 0.6) is 0 Å². The van der Waals surface area contributed by atoms with E-state index in [2.05, 4.69) is 25.5 Å². The van der Waals surface area contributed by atoms with Gasteiger partial charge in [-0.05, 0) is 25.0 Å². The Morgan fingerprint density at radius 3 is 3.00 bits per heavy atom. The lowest BCUT2D eigenvalue weighted by molar-refractivity contribution is 0.0694. The van der Waals surface area contributed by atoms with Gasteiger partial charge in [-0.25, -0.2) is 14.8 Å². The molecule has 0 saturated heterocycles. The predicted octanol–water partition coefficient (Wildman–Crippen LogP) is 1.33. The molecule has 3 aromatic heterocycles. The van der Waals surface area contributed by atoms with E-state index in [-0.39, 0.29) is 6.54 Å². The number of aromatic carboxylic acids is 1. The fourth-order valence-corrected chi connectivity index (χ4v) is 3.13. The van der Waals surface area contributed by atoms with Crippen molar-refractivity contribution < 1.29 is 9.90 Å². The third-order valence-electron chi connectivity index (χ3n) is 4.28. The van der Waals surface area contributed by atoms with Gasteiger partial charge in [-0.1, -0.05) is 0 Å². The fraction of sp³-hybridized carbons (Fsp3) is 0.312. The summed E-state index contributed by atoms with van der Waals surface area (Å²) in [6.07, 6.45) is 5.05. The Bertz CT molecular complexity index is 944. The van der Waals surface area contributed by atoms with Crippen LogP contribution in [0.15, 0.2) is 24.5 Å². The van der Waals surface area contributed by atoms with E-state index in [4.69, 9.17) is 0 Å². The van der Waals surface area contributed by atoms with Crippen molar-refractivity contribution in [1.29, 1.82) is 0 Å². The van der Waals surface area contributed by atoms with Crippen LogP contribution in [0.4, 0.5) is 5.95 Å². The first kappa shape index (κ1) is 15.3. The summed E-state index contributed by atoms with van der Waals surface area (Å²) >= 11 is 0. The molecule has 1 aliphatic heterocycles. The van der Waals surface area contributed by atoms with Gasteiger partial charge in [0.2, 0.25) is 5.95 Å². The number of nitrogens with zero attached hydrogens (tertiary/aromatic N) is 6. The molecule has 0 bridgehead atoms. The molecule has 4 heterocycles. The maximum Gasteiger partial charge on any atom is 0.339 e. The van der Waals surface area contributed by atoms with E-state index in [1.807, 2.05) is 13.1 Å². The summed E-state index contributed by atoms with van der Waals surface area (Å²) in [5.74, 6) is -0.521. The second-order valence-electron chi connectivity index (χ2n) is 5.86. The third kappa shape index (κ3) is 2.73. The molecule has 2 N–H and O–H groups in total. The zero-order valence-corrected chi connectivity index (χ0v) is 13.7. The molecule has 0 unspecified atom stereocenters. The maximum absolute atomic E-state index is 11.6. The molecule has 0 aliphatic carbocycles. The van der Waals surface area contributed by atoms with Crippen LogP contribution >= 0.6 is 0 Å². The molecule has 128 valence electrons. The van der Waals surface area contributed by atoms with Crippen molar-refractivity contribution in [2.45, 2.75) is 25.9 Å². The van der Waals surface area contributed by atoms with Crippen molar-refractivity contribution in [3.63, 3.8) is 0 Å². The molecule has 1 aliphatic rings. The number of carboxylic acid groups (broad SMARTS) is 1. The van der Waals surface area contributed by atoms with Gasteiger partial charge in [0.15, 0.2) is 0 Å². The second-order valence-corrected chi connectivity index (χ2v) is 5.86. The number of rotatable bonds is 5. The van der Waals surface area contributed by atoms with Crippen molar-refractivity contribution in [3.05, 3.63) is 41.5 Å². The van der Waals surface area contributed by atoms with Crippen LogP contribution < -0.4 is 5.32 Å². The predicted molar refractivity (Wildman–Crippen MR) is 89.1 cm³/mol. The van der Waals surface area contributed by atoms with Crippen LogP contribution in [0.3, 0.4) is 0 Å². The van der Waals surface area contributed by atoms with E-state index in [0.29, 0.717) is 17.2 Å². The maximum atomic E-state index is 11.6. The molecule has 0 spiro atoms. The Hall–Kier alpha value is -3.23. The zero-order chi connectivity index (χ0) is 17.4. The lowest BCUT2D eigenvalue weighted by Gasteiger charge is -2.06. The van der Waals surface area contributed by atoms with Crippen molar-refractivity contribution in [2.75, 3.05) is 5.32 Å². The Morgan fingerprint density at radius 1 is 1.36 bits per heavy atom. The highest BCUT2D eigenvalue weighted by molar-refractivity contribution is 5.90. The number of carboxylic acids is 1. The van der Waals surface area contributed by atoms with Crippen molar-refractivity contribution in [3.8, 4) is 11.4 Å². The van der Waals surface area contributed by atoms with Gasteiger partial charge >= 0.3 is 5.97 Å². The van der Waals surface area contributed by atoms with Gasteiger partial charge in [0.05, 0.1) is 29.3 Å². The summed E-state index contributed by atoms with van der Waals surface area (Å²) < 4.78 is 3.52. The standard InChI is InChI=1S/C16H17N7O2/c1-22-12(5-7-19-22)10-4-6-17-16(20-10)18-9-11-14(15(24)25)13-3-2-8-23(13)21-11/h4-7H,2-3,8-9H2,1H3,(H,24,25)(H,17,18,20). The number of nitrogens with one attached hydrogen (secondary N) is 1. The first-order valence-corrected chi connectivity index (χ1v) is 8.00. The Balaban J connectivity index is 1.57. The molecule has 9 heteroatoms. The summed E-state index contributed by atoms with van der Waals surface area (Å²) in [5.41, 5.74) is 3.22. The number of hydrogen-bond donors (Lipinski definition) is 2. The quantitative estimate of drug-likeness (QED) is 0.721. The molecule has 9 nitrogen and oxygen atoms in total. The van der Waals surface area contributed by atoms with E-state index in [1.54, 1.807) is 27.8 Å². The largest absolute Gasteiger partial charge is 0.478 e. The van der Waals surface area contributed by atoms with Crippen LogP contribution in [0, 0.1) is 0 Å². The normalized spacial score (nSPS) is 13.0. The highest BCUT2D eigenvalue weighted by atomic mass is 16.4. The van der Waals surface area contributed by atoms with E-state index in [1.165, 1.54) is 0 Å². The summed E-state index contributed by atoms with van der Waals surface area (Å²) in [7, 11) is 1.84. The molecule has 0 atom stereocenters. The van der Waals surface area contributed by atoms with Crippen LogP contribution in [0.25, 0.3) is 11.4 Å². The monoisotopic (exact) mass is 339 g/mol. The van der Waals surface area contributed by atoms with Gasteiger partial charge in [0, 0.05) is 26.0 Å². The summed E-state index contributed by atoms with van der Waals surface area (Å²) in [6, 6.07) is 3.67. The van der Waals surface area contributed by atoms with Gasteiger partial charge in [-0.2, -0.15) is 10.2 Å². The SMILES string of the molecule is Cn1nccc1-c1ccnc(NCc2nn3c(c2C(=O)O)CCC3)n1. The smallest absolute Gasteiger partial charge is 0.339 e. The van der Waals surface area contributed by atoms with E-state index in [0.717, 1.165) is 36.5 Å². The number of carbonyl (C=O) groups is 1. The lowest BCUT2D eigenvalue weighted by Crippen LogP contribution is -2.10. The summed E-state index contributed by atoms with van der Waals surface area (Å²) in [4.78, 5) is 20.2. The van der Waals surface area contributed by atoms with E-state index >= 15 is 0 Å². The van der Waals surface area contributed by atoms with Crippen LogP contribution in [0.1, 0.15) is 28.2 Å². The minimum atomic E-state index is -0.940. The molecule has 4 rings (SSSR count). The molecule has 25 heavy (non-hydrogen) atoms. The molecular weight excluding hydrogens is 322 g/mol. The van der Waals surface area contributed by atoms with Crippen LogP contribution in [-0.2, 0) is 26.6 Å². The van der Waals surface area contributed by atoms with E-state index in [9.17, 15) is 9.90 Å². The lowest BCUT2D eigenvalue weighted by atomic mass is 10.1. The first-order chi connectivity index (χ1) is 12.1. The topological polar surface area (TPSA) is 111 Å². The van der Waals surface area contributed by atoms with Gasteiger partial charge in [-0.15, -0.1) is 0 Å². The summed E-state index contributed by atoms with van der Waals surface area (Å²) in [6.45, 7) is 1.03. The molecule has 0 radical (unpaired) electrons. The summed E-state index contributed by atoms with van der Waals surface area (Å²) in [5, 5.41) is 21.1. The number of aryl methyl sites for hydroxylation is 2. The van der Waals surface area contributed by atoms with Gasteiger partial charge in [0.1, 0.15) is 5.56 Å². The Kier molecular flexibility index (Phi) is 3.68. The Labute approximate surface area is 143 Å². The fourth-order valence-electron chi connectivity index (χ4n) is 3.13. The highest BCUT2D eigenvalue weighted by Crippen LogP contribution is 2.23. The minimum absolute atomic E-state index is 0.260. The van der Waals surface area contributed by atoms with Gasteiger partial charge in [0.25, 0.3) is 0 Å². The molecule has 0 aromatic carbocycles. The third-order valence-corrected chi connectivity index (χ3v) is 4.28. The molecule has 0 saturated carbocycles. The minimum Gasteiger partial charge on any atom is -0.478 e. The average Bonchev–Trinajstić information content (AvgIpc) is 3.28. The highest BCUT2D eigenvalue weighted by Gasteiger charge is 2.26. The van der Waals surface area contributed by atoms with Gasteiger partial charge < -0.3 is 10.4 Å².